The fourth-order valence-electron chi connectivity index (χ4n) is 3.29. The SMILES string of the molecule is CO[C@H]1C[C@@H](CN(C)c2ccnc(N3CCOCC3)n2)N(C)C1. The highest BCUT2D eigenvalue weighted by atomic mass is 16.5. The summed E-state index contributed by atoms with van der Waals surface area (Å²) in [5.41, 5.74) is 0. The molecule has 23 heavy (non-hydrogen) atoms. The highest BCUT2D eigenvalue weighted by molar-refractivity contribution is 5.43. The molecule has 0 aliphatic carbocycles. The van der Waals surface area contributed by atoms with Gasteiger partial charge in [-0.3, -0.25) is 4.90 Å². The number of likely N-dealkylation sites (tertiary alicyclic amines) is 1. The van der Waals surface area contributed by atoms with Crippen LogP contribution in [-0.4, -0.2) is 87.6 Å². The molecule has 0 bridgehead atoms. The van der Waals surface area contributed by atoms with Crippen LogP contribution in [-0.2, 0) is 9.47 Å². The second-order valence-corrected chi connectivity index (χ2v) is 6.38. The molecule has 0 N–H and O–H groups in total. The van der Waals surface area contributed by atoms with E-state index in [9.17, 15) is 0 Å². The van der Waals surface area contributed by atoms with Crippen LogP contribution >= 0.6 is 0 Å². The Kier molecular flexibility index (Phi) is 5.30. The van der Waals surface area contributed by atoms with Crippen LogP contribution in [0.4, 0.5) is 11.8 Å². The highest BCUT2D eigenvalue weighted by Gasteiger charge is 2.30. The molecule has 2 saturated heterocycles. The van der Waals surface area contributed by atoms with Crippen molar-refractivity contribution in [2.45, 2.75) is 18.6 Å². The van der Waals surface area contributed by atoms with Gasteiger partial charge in [-0.1, -0.05) is 0 Å². The van der Waals surface area contributed by atoms with E-state index in [1.165, 1.54) is 0 Å². The Bertz CT molecular complexity index is 509. The third-order valence-electron chi connectivity index (χ3n) is 4.78. The van der Waals surface area contributed by atoms with Gasteiger partial charge in [-0.2, -0.15) is 4.98 Å². The molecule has 2 aliphatic heterocycles. The van der Waals surface area contributed by atoms with E-state index in [-0.39, 0.29) is 0 Å². The number of anilines is 2. The topological polar surface area (TPSA) is 54.0 Å². The third-order valence-corrected chi connectivity index (χ3v) is 4.78. The zero-order valence-electron chi connectivity index (χ0n) is 14.3. The van der Waals surface area contributed by atoms with Crippen LogP contribution < -0.4 is 9.80 Å². The van der Waals surface area contributed by atoms with Crippen molar-refractivity contribution in [3.8, 4) is 0 Å². The second kappa shape index (κ2) is 7.42. The van der Waals surface area contributed by atoms with Gasteiger partial charge < -0.3 is 19.3 Å². The average Bonchev–Trinajstić information content (AvgIpc) is 2.96. The fraction of sp³-hybridized carbons (Fsp3) is 0.750. The van der Waals surface area contributed by atoms with E-state index in [1.54, 1.807) is 7.11 Å². The monoisotopic (exact) mass is 321 g/mol. The molecule has 0 amide bonds. The summed E-state index contributed by atoms with van der Waals surface area (Å²) in [4.78, 5) is 15.9. The van der Waals surface area contributed by atoms with Crippen molar-refractivity contribution < 1.29 is 9.47 Å². The summed E-state index contributed by atoms with van der Waals surface area (Å²) in [6, 6.07) is 2.47. The first-order chi connectivity index (χ1) is 11.2. The first-order valence-corrected chi connectivity index (χ1v) is 8.27. The number of morpholine rings is 1. The lowest BCUT2D eigenvalue weighted by molar-refractivity contribution is 0.111. The summed E-state index contributed by atoms with van der Waals surface area (Å²) in [6.45, 7) is 5.14. The van der Waals surface area contributed by atoms with Crippen LogP contribution in [0.5, 0.6) is 0 Å². The number of rotatable bonds is 5. The number of aromatic nitrogens is 2. The number of nitrogens with zero attached hydrogens (tertiary/aromatic N) is 5. The Labute approximate surface area is 138 Å². The number of ether oxygens (including phenoxy) is 2. The number of hydrogen-bond acceptors (Lipinski definition) is 7. The molecule has 0 unspecified atom stereocenters. The summed E-state index contributed by atoms with van der Waals surface area (Å²) in [6.07, 6.45) is 3.26. The minimum atomic E-state index is 0.340. The number of likely N-dealkylation sites (N-methyl/N-ethyl adjacent to an activating group) is 2. The van der Waals surface area contributed by atoms with Crippen LogP contribution in [0.3, 0.4) is 0 Å². The van der Waals surface area contributed by atoms with Crippen LogP contribution in [0, 0.1) is 0 Å². The van der Waals surface area contributed by atoms with Crippen molar-refractivity contribution in [1.82, 2.24) is 14.9 Å². The second-order valence-electron chi connectivity index (χ2n) is 6.38. The molecule has 0 radical (unpaired) electrons. The standard InChI is InChI=1S/C16H27N5O2/c1-19-12-14(22-3)10-13(19)11-20(2)15-4-5-17-16(18-15)21-6-8-23-9-7-21/h4-5,13-14H,6-12H2,1-3H3/t13-,14-/m0/s1. The molecular weight excluding hydrogens is 294 g/mol. The molecule has 2 aliphatic rings. The zero-order valence-corrected chi connectivity index (χ0v) is 14.3. The highest BCUT2D eigenvalue weighted by Crippen LogP contribution is 2.21. The zero-order chi connectivity index (χ0) is 16.2. The molecule has 2 fully saturated rings. The maximum atomic E-state index is 5.49. The first kappa shape index (κ1) is 16.4. The molecule has 3 heterocycles. The third kappa shape index (κ3) is 3.91. The van der Waals surface area contributed by atoms with E-state index in [0.717, 1.165) is 57.6 Å². The lowest BCUT2D eigenvalue weighted by atomic mass is 10.2. The summed E-state index contributed by atoms with van der Waals surface area (Å²) in [5.74, 6) is 1.77. The minimum Gasteiger partial charge on any atom is -0.380 e. The van der Waals surface area contributed by atoms with Gasteiger partial charge in [0.25, 0.3) is 0 Å². The largest absolute Gasteiger partial charge is 0.380 e. The van der Waals surface area contributed by atoms with Crippen molar-refractivity contribution in [1.29, 1.82) is 0 Å². The number of methoxy groups -OCH3 is 1. The molecule has 0 spiro atoms. The van der Waals surface area contributed by atoms with E-state index >= 15 is 0 Å². The quantitative estimate of drug-likeness (QED) is 0.781. The summed E-state index contributed by atoms with van der Waals surface area (Å²) in [5, 5.41) is 0. The van der Waals surface area contributed by atoms with Crippen molar-refractivity contribution in [2.24, 2.45) is 0 Å². The van der Waals surface area contributed by atoms with E-state index in [0.29, 0.717) is 12.1 Å². The average molecular weight is 321 g/mol. The summed E-state index contributed by atoms with van der Waals surface area (Å²) in [7, 11) is 6.06. The lowest BCUT2D eigenvalue weighted by Crippen LogP contribution is -2.39. The molecule has 128 valence electrons. The number of hydrogen-bond donors (Lipinski definition) is 0. The predicted molar refractivity (Wildman–Crippen MR) is 90.2 cm³/mol. The van der Waals surface area contributed by atoms with Crippen LogP contribution in [0.25, 0.3) is 0 Å². The summed E-state index contributed by atoms with van der Waals surface area (Å²) < 4.78 is 10.9. The Balaban J connectivity index is 1.64. The van der Waals surface area contributed by atoms with Crippen LogP contribution in [0.1, 0.15) is 6.42 Å². The molecule has 7 heteroatoms. The Hall–Kier alpha value is -1.44. The Morgan fingerprint density at radius 1 is 1.39 bits per heavy atom. The van der Waals surface area contributed by atoms with Gasteiger partial charge in [-0.05, 0) is 19.5 Å². The van der Waals surface area contributed by atoms with E-state index in [1.807, 2.05) is 12.3 Å². The molecule has 3 rings (SSSR count). The van der Waals surface area contributed by atoms with Gasteiger partial charge in [0.15, 0.2) is 0 Å². The van der Waals surface area contributed by atoms with Gasteiger partial charge in [0.2, 0.25) is 5.95 Å². The van der Waals surface area contributed by atoms with Crippen LogP contribution in [0.15, 0.2) is 12.3 Å². The molecular formula is C16H27N5O2. The van der Waals surface area contributed by atoms with Gasteiger partial charge in [0, 0.05) is 52.6 Å². The fourth-order valence-corrected chi connectivity index (χ4v) is 3.29. The maximum absolute atomic E-state index is 5.49. The lowest BCUT2D eigenvalue weighted by Gasteiger charge is -2.29. The Morgan fingerprint density at radius 3 is 2.87 bits per heavy atom. The van der Waals surface area contributed by atoms with Crippen molar-refractivity contribution in [3.63, 3.8) is 0 Å². The molecule has 1 aromatic heterocycles. The van der Waals surface area contributed by atoms with Crippen molar-refractivity contribution >= 4 is 11.8 Å². The first-order valence-electron chi connectivity index (χ1n) is 8.27. The Morgan fingerprint density at radius 2 is 2.17 bits per heavy atom. The van der Waals surface area contributed by atoms with Gasteiger partial charge in [0.05, 0.1) is 19.3 Å². The smallest absolute Gasteiger partial charge is 0.227 e. The van der Waals surface area contributed by atoms with Crippen molar-refractivity contribution in [3.05, 3.63) is 12.3 Å². The predicted octanol–water partition coefficient (Wildman–Crippen LogP) is 0.469. The normalized spacial score (nSPS) is 25.8. The van der Waals surface area contributed by atoms with Gasteiger partial charge >= 0.3 is 0 Å². The minimum absolute atomic E-state index is 0.340. The van der Waals surface area contributed by atoms with E-state index in [4.69, 9.17) is 14.5 Å². The molecule has 1 aromatic rings. The van der Waals surface area contributed by atoms with Gasteiger partial charge in [0.1, 0.15) is 5.82 Å². The molecule has 0 aromatic carbocycles. The van der Waals surface area contributed by atoms with E-state index in [2.05, 4.69) is 33.8 Å². The summed E-state index contributed by atoms with van der Waals surface area (Å²) >= 11 is 0. The molecule has 2 atom stereocenters. The van der Waals surface area contributed by atoms with Gasteiger partial charge in [-0.25, -0.2) is 4.98 Å². The van der Waals surface area contributed by atoms with Crippen molar-refractivity contribution in [2.75, 3.05) is 70.4 Å². The molecule has 7 nitrogen and oxygen atoms in total. The van der Waals surface area contributed by atoms with Gasteiger partial charge in [-0.15, -0.1) is 0 Å². The van der Waals surface area contributed by atoms with E-state index < -0.39 is 0 Å². The molecule has 0 saturated carbocycles. The van der Waals surface area contributed by atoms with Crippen LogP contribution in [0.2, 0.25) is 0 Å². The maximum Gasteiger partial charge on any atom is 0.227 e.